The Morgan fingerprint density at radius 2 is 2.29 bits per heavy atom. The molecule has 0 saturated heterocycles. The van der Waals surface area contributed by atoms with Gasteiger partial charge in [0.15, 0.2) is 0 Å². The lowest BCUT2D eigenvalue weighted by Crippen LogP contribution is -2.00. The van der Waals surface area contributed by atoms with Gasteiger partial charge in [0.2, 0.25) is 0 Å². The molecule has 0 heterocycles. The first-order valence-corrected chi connectivity index (χ1v) is 5.38. The topological polar surface area (TPSA) is 46.5 Å². The molecule has 0 aliphatic rings. The molecule has 1 rings (SSSR count). The Morgan fingerprint density at radius 1 is 1.57 bits per heavy atom. The van der Waals surface area contributed by atoms with E-state index >= 15 is 0 Å². The van der Waals surface area contributed by atoms with Crippen LogP contribution in [0.4, 0.5) is 0 Å². The number of benzene rings is 1. The first-order chi connectivity index (χ1) is 6.65. The van der Waals surface area contributed by atoms with Crippen LogP contribution >= 0.6 is 22.6 Å². The first kappa shape index (κ1) is 11.3. The van der Waals surface area contributed by atoms with Crippen LogP contribution in [0.25, 0.3) is 0 Å². The normalized spacial score (nSPS) is 9.86. The SMILES string of the molecule is CCCOc1ccc(C(=O)O)cc1I. The molecule has 0 amide bonds. The maximum absolute atomic E-state index is 10.6. The van der Waals surface area contributed by atoms with Crippen LogP contribution < -0.4 is 4.74 Å². The Hall–Kier alpha value is -0.780. The van der Waals surface area contributed by atoms with Crippen molar-refractivity contribution in [1.29, 1.82) is 0 Å². The number of halogens is 1. The molecule has 76 valence electrons. The van der Waals surface area contributed by atoms with Gasteiger partial charge in [0.05, 0.1) is 15.7 Å². The zero-order chi connectivity index (χ0) is 10.6. The van der Waals surface area contributed by atoms with E-state index in [1.165, 1.54) is 0 Å². The van der Waals surface area contributed by atoms with Crippen LogP contribution in [0.3, 0.4) is 0 Å². The van der Waals surface area contributed by atoms with Crippen molar-refractivity contribution in [1.82, 2.24) is 0 Å². The largest absolute Gasteiger partial charge is 0.492 e. The molecule has 0 spiro atoms. The Labute approximate surface area is 96.2 Å². The zero-order valence-electron chi connectivity index (χ0n) is 7.79. The van der Waals surface area contributed by atoms with E-state index in [4.69, 9.17) is 9.84 Å². The Balaban J connectivity index is 2.84. The third kappa shape index (κ3) is 2.87. The number of carbonyl (C=O) groups is 1. The number of hydrogen-bond donors (Lipinski definition) is 1. The van der Waals surface area contributed by atoms with Crippen molar-refractivity contribution in [3.8, 4) is 5.75 Å². The van der Waals surface area contributed by atoms with Gasteiger partial charge in [-0.2, -0.15) is 0 Å². The van der Waals surface area contributed by atoms with Crippen molar-refractivity contribution in [3.63, 3.8) is 0 Å². The summed E-state index contributed by atoms with van der Waals surface area (Å²) in [5.74, 6) is -0.164. The molecule has 0 radical (unpaired) electrons. The van der Waals surface area contributed by atoms with Crippen molar-refractivity contribution in [2.45, 2.75) is 13.3 Å². The monoisotopic (exact) mass is 306 g/mol. The van der Waals surface area contributed by atoms with Crippen molar-refractivity contribution in [2.24, 2.45) is 0 Å². The van der Waals surface area contributed by atoms with Crippen LogP contribution in [0.5, 0.6) is 5.75 Å². The van der Waals surface area contributed by atoms with Crippen LogP contribution in [-0.4, -0.2) is 17.7 Å². The molecular weight excluding hydrogens is 295 g/mol. The lowest BCUT2D eigenvalue weighted by Gasteiger charge is -2.07. The molecule has 0 atom stereocenters. The molecule has 0 bridgehead atoms. The zero-order valence-corrected chi connectivity index (χ0v) is 9.95. The molecule has 1 aromatic carbocycles. The Bertz CT molecular complexity index is 336. The number of aromatic carboxylic acids is 1. The molecule has 0 fully saturated rings. The van der Waals surface area contributed by atoms with E-state index in [1.54, 1.807) is 18.2 Å². The van der Waals surface area contributed by atoms with Gasteiger partial charge in [0.1, 0.15) is 5.75 Å². The minimum Gasteiger partial charge on any atom is -0.492 e. The molecule has 3 nitrogen and oxygen atoms in total. The minimum atomic E-state index is -0.912. The van der Waals surface area contributed by atoms with E-state index in [0.717, 1.165) is 15.7 Å². The lowest BCUT2D eigenvalue weighted by molar-refractivity contribution is 0.0697. The third-order valence-electron chi connectivity index (χ3n) is 1.64. The summed E-state index contributed by atoms with van der Waals surface area (Å²) in [6.07, 6.45) is 0.941. The van der Waals surface area contributed by atoms with Crippen LogP contribution in [0.2, 0.25) is 0 Å². The molecule has 0 aliphatic carbocycles. The van der Waals surface area contributed by atoms with Crippen LogP contribution in [-0.2, 0) is 0 Å². The summed E-state index contributed by atoms with van der Waals surface area (Å²) < 4.78 is 6.25. The summed E-state index contributed by atoms with van der Waals surface area (Å²) in [5, 5.41) is 8.73. The maximum atomic E-state index is 10.6. The van der Waals surface area contributed by atoms with Gasteiger partial charge in [-0.15, -0.1) is 0 Å². The lowest BCUT2D eigenvalue weighted by atomic mass is 10.2. The molecule has 0 aromatic heterocycles. The fraction of sp³-hybridized carbons (Fsp3) is 0.300. The number of ether oxygens (including phenoxy) is 1. The summed E-state index contributed by atoms with van der Waals surface area (Å²) in [4.78, 5) is 10.6. The molecule has 4 heteroatoms. The molecule has 0 saturated carbocycles. The van der Waals surface area contributed by atoms with E-state index in [1.807, 2.05) is 6.92 Å². The predicted octanol–water partition coefficient (Wildman–Crippen LogP) is 2.78. The molecule has 0 aliphatic heterocycles. The fourth-order valence-electron chi connectivity index (χ4n) is 0.963. The number of hydrogen-bond acceptors (Lipinski definition) is 2. The van der Waals surface area contributed by atoms with Gasteiger partial charge in [-0.1, -0.05) is 6.92 Å². The van der Waals surface area contributed by atoms with Gasteiger partial charge in [0.25, 0.3) is 0 Å². The smallest absolute Gasteiger partial charge is 0.335 e. The fourth-order valence-corrected chi connectivity index (χ4v) is 1.63. The molecule has 1 N–H and O–H groups in total. The summed E-state index contributed by atoms with van der Waals surface area (Å²) in [5.41, 5.74) is 0.290. The average Bonchev–Trinajstić information content (AvgIpc) is 2.15. The molecular formula is C10H11IO3. The number of carboxylic acid groups (broad SMARTS) is 1. The maximum Gasteiger partial charge on any atom is 0.335 e. The van der Waals surface area contributed by atoms with Gasteiger partial charge in [-0.3, -0.25) is 0 Å². The second-order valence-electron chi connectivity index (χ2n) is 2.80. The Kier molecular flexibility index (Phi) is 4.19. The van der Waals surface area contributed by atoms with Crippen molar-refractivity contribution >= 4 is 28.6 Å². The number of carboxylic acids is 1. The summed E-state index contributed by atoms with van der Waals surface area (Å²) in [6.45, 7) is 2.68. The Morgan fingerprint density at radius 3 is 2.79 bits per heavy atom. The highest BCUT2D eigenvalue weighted by molar-refractivity contribution is 14.1. The molecule has 0 unspecified atom stereocenters. The summed E-state index contributed by atoms with van der Waals surface area (Å²) >= 11 is 2.07. The van der Waals surface area contributed by atoms with Crippen LogP contribution in [0, 0.1) is 3.57 Å². The quantitative estimate of drug-likeness (QED) is 0.870. The van der Waals surface area contributed by atoms with Crippen molar-refractivity contribution in [2.75, 3.05) is 6.61 Å². The van der Waals surface area contributed by atoms with Crippen molar-refractivity contribution < 1.29 is 14.6 Å². The van der Waals surface area contributed by atoms with E-state index in [-0.39, 0.29) is 0 Å². The van der Waals surface area contributed by atoms with E-state index in [2.05, 4.69) is 22.6 Å². The summed E-state index contributed by atoms with van der Waals surface area (Å²) in [6, 6.07) is 4.85. The van der Waals surface area contributed by atoms with E-state index in [0.29, 0.717) is 12.2 Å². The second kappa shape index (κ2) is 5.19. The van der Waals surface area contributed by atoms with Gasteiger partial charge in [-0.05, 0) is 47.2 Å². The highest BCUT2D eigenvalue weighted by Crippen LogP contribution is 2.22. The van der Waals surface area contributed by atoms with Gasteiger partial charge in [0, 0.05) is 0 Å². The van der Waals surface area contributed by atoms with Crippen LogP contribution in [0.15, 0.2) is 18.2 Å². The van der Waals surface area contributed by atoms with E-state index in [9.17, 15) is 4.79 Å². The standard InChI is InChI=1S/C10H11IO3/c1-2-5-14-9-4-3-7(10(12)13)6-8(9)11/h3-4,6H,2,5H2,1H3,(H,12,13). The molecule has 1 aromatic rings. The third-order valence-corrected chi connectivity index (χ3v) is 2.48. The van der Waals surface area contributed by atoms with Gasteiger partial charge >= 0.3 is 5.97 Å². The average molecular weight is 306 g/mol. The highest BCUT2D eigenvalue weighted by Gasteiger charge is 2.06. The minimum absolute atomic E-state index is 0.290. The number of rotatable bonds is 4. The van der Waals surface area contributed by atoms with Gasteiger partial charge < -0.3 is 9.84 Å². The second-order valence-corrected chi connectivity index (χ2v) is 3.96. The summed E-state index contributed by atoms with van der Waals surface area (Å²) in [7, 11) is 0. The predicted molar refractivity (Wildman–Crippen MR) is 61.9 cm³/mol. The highest BCUT2D eigenvalue weighted by atomic mass is 127. The first-order valence-electron chi connectivity index (χ1n) is 4.30. The van der Waals surface area contributed by atoms with Crippen molar-refractivity contribution in [3.05, 3.63) is 27.3 Å². The van der Waals surface area contributed by atoms with Crippen LogP contribution in [0.1, 0.15) is 23.7 Å². The van der Waals surface area contributed by atoms with Gasteiger partial charge in [-0.25, -0.2) is 4.79 Å². The molecule has 14 heavy (non-hydrogen) atoms. The van der Waals surface area contributed by atoms with E-state index < -0.39 is 5.97 Å².